The lowest BCUT2D eigenvalue weighted by Crippen LogP contribution is -2.35. The monoisotopic (exact) mass is 487 g/mol. The van der Waals surface area contributed by atoms with Gasteiger partial charge in [-0.1, -0.05) is 24.3 Å². The molecule has 2 amide bonds. The zero-order chi connectivity index (χ0) is 24.3. The number of H-pyrrole nitrogens is 1. The first-order valence-electron chi connectivity index (χ1n) is 12.8. The molecule has 2 aromatic heterocycles. The van der Waals surface area contributed by atoms with Crippen LogP contribution in [0.5, 0.6) is 0 Å². The maximum absolute atomic E-state index is 12.9. The van der Waals surface area contributed by atoms with E-state index < -0.39 is 0 Å². The maximum atomic E-state index is 12.9. The number of hydrogen-bond acceptors (Lipinski definition) is 5. The Morgan fingerprint density at radius 2 is 1.81 bits per heavy atom. The molecule has 0 saturated carbocycles. The largest absolute Gasteiger partial charge is 0.370 e. The summed E-state index contributed by atoms with van der Waals surface area (Å²) in [5, 5.41) is 7.16. The number of aromatic amines is 1. The van der Waals surface area contributed by atoms with Gasteiger partial charge >= 0.3 is 6.03 Å². The van der Waals surface area contributed by atoms with Gasteiger partial charge in [-0.3, -0.25) is 0 Å². The summed E-state index contributed by atoms with van der Waals surface area (Å²) < 4.78 is 0. The number of anilines is 4. The highest BCUT2D eigenvalue weighted by molar-refractivity contribution is 6.02. The van der Waals surface area contributed by atoms with Gasteiger partial charge in [0, 0.05) is 48.3 Å². The van der Waals surface area contributed by atoms with Gasteiger partial charge in [-0.2, -0.15) is 0 Å². The van der Waals surface area contributed by atoms with Gasteiger partial charge in [0.2, 0.25) is 0 Å². The minimum Gasteiger partial charge on any atom is -0.370 e. The molecular weight excluding hydrogens is 450 g/mol. The Bertz CT molecular complexity index is 1380. The molecule has 6 rings (SSSR count). The molecule has 2 aliphatic rings. The number of carbonyl (C=O) groups is 1. The van der Waals surface area contributed by atoms with Crippen molar-refractivity contribution in [2.75, 3.05) is 46.6 Å². The highest BCUT2D eigenvalue weighted by atomic mass is 16.2. The van der Waals surface area contributed by atoms with Crippen molar-refractivity contribution in [3.05, 3.63) is 72.7 Å². The summed E-state index contributed by atoms with van der Waals surface area (Å²) in [5.74, 6) is 1.35. The number of carbonyl (C=O) groups excluding carboxylic acids is 1. The van der Waals surface area contributed by atoms with Crippen LogP contribution in [0.4, 0.5) is 27.7 Å². The molecule has 0 bridgehead atoms. The number of fused-ring (bicyclic) bond motifs is 1. The van der Waals surface area contributed by atoms with Crippen molar-refractivity contribution in [2.45, 2.75) is 31.6 Å². The number of urea groups is 1. The smallest absolute Gasteiger partial charge is 0.323 e. The second-order valence-electron chi connectivity index (χ2n) is 9.64. The summed E-state index contributed by atoms with van der Waals surface area (Å²) in [7, 11) is 0. The lowest BCUT2D eigenvalue weighted by molar-refractivity contribution is 0.262. The number of aromatic nitrogens is 3. The summed E-state index contributed by atoms with van der Waals surface area (Å²) in [6.45, 7) is 3.93. The van der Waals surface area contributed by atoms with Crippen LogP contribution in [0.25, 0.3) is 11.0 Å². The molecule has 1 unspecified atom stereocenters. The van der Waals surface area contributed by atoms with E-state index in [9.17, 15) is 4.79 Å². The fourth-order valence-electron chi connectivity index (χ4n) is 5.52. The van der Waals surface area contributed by atoms with Crippen LogP contribution >= 0.6 is 0 Å². The predicted octanol–water partition coefficient (Wildman–Crippen LogP) is 6.32. The van der Waals surface area contributed by atoms with Gasteiger partial charge in [0.1, 0.15) is 17.8 Å². The van der Waals surface area contributed by atoms with Gasteiger partial charge in [0.05, 0.1) is 16.8 Å². The van der Waals surface area contributed by atoms with Crippen LogP contribution in [0.2, 0.25) is 0 Å². The van der Waals surface area contributed by atoms with Gasteiger partial charge in [-0.25, -0.2) is 14.8 Å². The summed E-state index contributed by atoms with van der Waals surface area (Å²) in [6, 6.07) is 18.1. The second kappa shape index (κ2) is 9.89. The van der Waals surface area contributed by atoms with Crippen LogP contribution in [0, 0.1) is 0 Å². The van der Waals surface area contributed by atoms with Crippen LogP contribution in [0.15, 0.2) is 67.1 Å². The van der Waals surface area contributed by atoms with Crippen molar-refractivity contribution >= 4 is 39.9 Å². The first-order valence-corrected chi connectivity index (χ1v) is 12.8. The molecule has 2 aliphatic heterocycles. The SMILES string of the molecule is O=C(Nc1cccc(C2CCCN(c3ncnc4[nH]ccc34)C2)c1)Nc1ccccc1N1CCCC1.[HH].[HH].[HH]. The lowest BCUT2D eigenvalue weighted by atomic mass is 9.90. The number of nitrogens with zero attached hydrogens (tertiary/aromatic N) is 4. The van der Waals surface area contributed by atoms with Gasteiger partial charge in [0.25, 0.3) is 0 Å². The molecule has 36 heavy (non-hydrogen) atoms. The number of nitrogens with one attached hydrogen (secondary N) is 3. The molecule has 2 saturated heterocycles. The molecule has 4 heterocycles. The van der Waals surface area contributed by atoms with Crippen molar-refractivity contribution in [3.8, 4) is 0 Å². The van der Waals surface area contributed by atoms with E-state index in [2.05, 4.69) is 53.6 Å². The number of rotatable bonds is 5. The van der Waals surface area contributed by atoms with Crippen LogP contribution in [-0.4, -0.2) is 47.2 Å². The number of amides is 2. The number of para-hydroxylation sites is 2. The molecule has 2 aromatic carbocycles. The third kappa shape index (κ3) is 4.58. The van der Waals surface area contributed by atoms with Gasteiger partial charge in [0.15, 0.2) is 0 Å². The fraction of sp³-hybridized carbons (Fsp3) is 0.321. The third-order valence-corrected chi connectivity index (χ3v) is 7.27. The Labute approximate surface area is 215 Å². The first-order chi connectivity index (χ1) is 17.7. The average molecular weight is 488 g/mol. The summed E-state index contributed by atoms with van der Waals surface area (Å²) in [5.41, 5.74) is 4.83. The zero-order valence-corrected chi connectivity index (χ0v) is 20.3. The minimum atomic E-state index is -0.222. The quantitative estimate of drug-likeness (QED) is 0.306. The predicted molar refractivity (Wildman–Crippen MR) is 151 cm³/mol. The molecule has 8 nitrogen and oxygen atoms in total. The van der Waals surface area contributed by atoms with E-state index in [0.717, 1.165) is 72.9 Å². The molecule has 2 fully saturated rings. The van der Waals surface area contributed by atoms with E-state index in [0.29, 0.717) is 5.92 Å². The van der Waals surface area contributed by atoms with E-state index in [-0.39, 0.29) is 10.3 Å². The fourth-order valence-corrected chi connectivity index (χ4v) is 5.52. The summed E-state index contributed by atoms with van der Waals surface area (Å²) >= 11 is 0. The zero-order valence-electron chi connectivity index (χ0n) is 20.3. The molecule has 0 spiro atoms. The average Bonchev–Trinajstić information content (AvgIpc) is 3.62. The second-order valence-corrected chi connectivity index (χ2v) is 9.64. The Morgan fingerprint density at radius 3 is 2.72 bits per heavy atom. The molecule has 3 N–H and O–H groups in total. The Hall–Kier alpha value is -4.07. The normalized spacial score (nSPS) is 17.9. The maximum Gasteiger partial charge on any atom is 0.323 e. The highest BCUT2D eigenvalue weighted by Gasteiger charge is 2.24. The molecule has 8 heteroatoms. The van der Waals surface area contributed by atoms with Crippen molar-refractivity contribution < 1.29 is 9.07 Å². The van der Waals surface area contributed by atoms with Crippen molar-refractivity contribution in [2.24, 2.45) is 0 Å². The number of piperidine rings is 1. The topological polar surface area (TPSA) is 89.2 Å². The van der Waals surface area contributed by atoms with Crippen molar-refractivity contribution in [3.63, 3.8) is 0 Å². The number of hydrogen-bond donors (Lipinski definition) is 3. The molecule has 4 aromatic rings. The van der Waals surface area contributed by atoms with Crippen molar-refractivity contribution in [1.29, 1.82) is 0 Å². The lowest BCUT2D eigenvalue weighted by Gasteiger charge is -2.34. The Kier molecular flexibility index (Phi) is 6.15. The van der Waals surface area contributed by atoms with E-state index in [1.807, 2.05) is 42.6 Å². The van der Waals surface area contributed by atoms with Gasteiger partial charge < -0.3 is 25.4 Å². The molecule has 0 aliphatic carbocycles. The van der Waals surface area contributed by atoms with E-state index in [4.69, 9.17) is 0 Å². The number of benzene rings is 2. The Balaban J connectivity index is 0.00000140. The standard InChI is InChI=1S/C28H31N7O.3H2/c36-28(33-24-10-1-2-11-25(24)34-14-3-4-15-34)32-22-9-5-7-20(17-22)21-8-6-16-35(18-21)27-23-12-13-29-26(23)30-19-31-27;;;/h1-2,5,7,9-13,17,19,21H,3-4,6,8,14-16,18H2,(H,29,30,31)(H2,32,33,36);3*1H. The summed E-state index contributed by atoms with van der Waals surface area (Å²) in [6.07, 6.45) is 8.12. The minimum absolute atomic E-state index is 0. The van der Waals surface area contributed by atoms with E-state index in [1.54, 1.807) is 6.33 Å². The first kappa shape index (κ1) is 22.4. The van der Waals surface area contributed by atoms with Gasteiger partial charge in [-0.15, -0.1) is 0 Å². The van der Waals surface area contributed by atoms with Crippen LogP contribution in [0.1, 0.15) is 41.4 Å². The van der Waals surface area contributed by atoms with Crippen LogP contribution in [0.3, 0.4) is 0 Å². The molecular formula is C28H37N7O. The highest BCUT2D eigenvalue weighted by Crippen LogP contribution is 2.33. The molecule has 0 radical (unpaired) electrons. The van der Waals surface area contributed by atoms with E-state index >= 15 is 0 Å². The van der Waals surface area contributed by atoms with Crippen molar-refractivity contribution in [1.82, 2.24) is 15.0 Å². The molecule has 190 valence electrons. The molecule has 1 atom stereocenters. The third-order valence-electron chi connectivity index (χ3n) is 7.27. The Morgan fingerprint density at radius 1 is 0.944 bits per heavy atom. The van der Waals surface area contributed by atoms with Gasteiger partial charge in [-0.05, 0) is 61.6 Å². The van der Waals surface area contributed by atoms with E-state index in [1.165, 1.54) is 18.4 Å². The van der Waals surface area contributed by atoms with Crippen LogP contribution < -0.4 is 20.4 Å². The summed E-state index contributed by atoms with van der Waals surface area (Å²) in [4.78, 5) is 29.7. The van der Waals surface area contributed by atoms with Crippen LogP contribution in [-0.2, 0) is 0 Å².